The molecule has 1 atom stereocenters. The first kappa shape index (κ1) is 15.5. The predicted octanol–water partition coefficient (Wildman–Crippen LogP) is 1.88. The van der Waals surface area contributed by atoms with Crippen LogP contribution >= 0.6 is 0 Å². The lowest BCUT2D eigenvalue weighted by molar-refractivity contribution is -0.154. The molecule has 2 rings (SSSR count). The largest absolute Gasteiger partial charge is 0.366 e. The molecule has 0 unspecified atom stereocenters. The number of carbonyl (C=O) groups excluding carboxylic acids is 2. The van der Waals surface area contributed by atoms with Gasteiger partial charge in [0.25, 0.3) is 5.91 Å². The first-order chi connectivity index (χ1) is 9.99. The van der Waals surface area contributed by atoms with E-state index in [-0.39, 0.29) is 18.2 Å². The van der Waals surface area contributed by atoms with Gasteiger partial charge >= 0.3 is 0 Å². The number of nitrogens with one attached hydrogen (secondary N) is 1. The molecule has 0 spiro atoms. The Labute approximate surface area is 125 Å². The lowest BCUT2D eigenvalue weighted by Crippen LogP contribution is -2.48. The van der Waals surface area contributed by atoms with Crippen LogP contribution in [0.3, 0.4) is 0 Å². The van der Waals surface area contributed by atoms with Crippen molar-refractivity contribution in [2.75, 3.05) is 25.0 Å². The summed E-state index contributed by atoms with van der Waals surface area (Å²) < 4.78 is 5.43. The van der Waals surface area contributed by atoms with Crippen LogP contribution in [-0.2, 0) is 14.3 Å². The molecule has 1 aromatic carbocycles. The highest BCUT2D eigenvalue weighted by molar-refractivity contribution is 5.95. The van der Waals surface area contributed by atoms with Crippen molar-refractivity contribution in [2.24, 2.45) is 0 Å². The van der Waals surface area contributed by atoms with Gasteiger partial charge < -0.3 is 15.0 Å². The number of benzene rings is 1. The Morgan fingerprint density at radius 1 is 1.33 bits per heavy atom. The van der Waals surface area contributed by atoms with Crippen LogP contribution in [0.2, 0.25) is 0 Å². The van der Waals surface area contributed by atoms with E-state index in [1.165, 1.54) is 0 Å². The minimum Gasteiger partial charge on any atom is -0.366 e. The standard InChI is InChI=1S/C16H22N2O3/c1-4-18-5-6-21-14(16(18)20)10-15(19)17-13-8-11(2)7-12(3)9-13/h7-9,14H,4-6,10H2,1-3H3,(H,17,19)/t14-/m1/s1. The maximum absolute atomic E-state index is 12.1. The fraction of sp³-hybridized carbons (Fsp3) is 0.500. The molecular weight excluding hydrogens is 268 g/mol. The lowest BCUT2D eigenvalue weighted by Gasteiger charge is -2.31. The summed E-state index contributed by atoms with van der Waals surface area (Å²) in [5.41, 5.74) is 2.94. The number of hydrogen-bond donors (Lipinski definition) is 1. The van der Waals surface area contributed by atoms with Crippen LogP contribution in [0.15, 0.2) is 18.2 Å². The van der Waals surface area contributed by atoms with Gasteiger partial charge in [0, 0.05) is 18.8 Å². The molecule has 1 heterocycles. The van der Waals surface area contributed by atoms with Crippen molar-refractivity contribution in [3.63, 3.8) is 0 Å². The molecule has 1 aromatic rings. The molecule has 114 valence electrons. The van der Waals surface area contributed by atoms with E-state index in [2.05, 4.69) is 5.32 Å². The van der Waals surface area contributed by atoms with E-state index in [0.29, 0.717) is 19.7 Å². The van der Waals surface area contributed by atoms with Crippen molar-refractivity contribution in [1.29, 1.82) is 0 Å². The van der Waals surface area contributed by atoms with Gasteiger partial charge in [-0.15, -0.1) is 0 Å². The summed E-state index contributed by atoms with van der Waals surface area (Å²) in [5.74, 6) is -0.296. The lowest BCUT2D eigenvalue weighted by atomic mass is 10.1. The van der Waals surface area contributed by atoms with Crippen LogP contribution in [0.5, 0.6) is 0 Å². The third-order valence-electron chi connectivity index (χ3n) is 3.53. The van der Waals surface area contributed by atoms with Gasteiger partial charge in [-0.05, 0) is 44.0 Å². The Morgan fingerprint density at radius 3 is 2.62 bits per heavy atom. The summed E-state index contributed by atoms with van der Waals surface area (Å²) in [5, 5.41) is 2.83. The average molecular weight is 290 g/mol. The predicted molar refractivity (Wildman–Crippen MR) is 81.2 cm³/mol. The van der Waals surface area contributed by atoms with Crippen LogP contribution in [0.4, 0.5) is 5.69 Å². The molecule has 1 fully saturated rings. The molecule has 0 bridgehead atoms. The highest BCUT2D eigenvalue weighted by atomic mass is 16.5. The third kappa shape index (κ3) is 4.04. The van der Waals surface area contributed by atoms with Crippen LogP contribution in [0.25, 0.3) is 0 Å². The molecule has 5 heteroatoms. The zero-order valence-electron chi connectivity index (χ0n) is 12.8. The molecule has 5 nitrogen and oxygen atoms in total. The minimum absolute atomic E-state index is 0.0579. The van der Waals surface area contributed by atoms with Crippen LogP contribution in [0.1, 0.15) is 24.5 Å². The molecule has 1 N–H and O–H groups in total. The highest BCUT2D eigenvalue weighted by Crippen LogP contribution is 2.16. The van der Waals surface area contributed by atoms with E-state index in [1.54, 1.807) is 4.90 Å². The zero-order chi connectivity index (χ0) is 15.4. The zero-order valence-corrected chi connectivity index (χ0v) is 12.8. The second-order valence-corrected chi connectivity index (χ2v) is 5.41. The maximum atomic E-state index is 12.1. The smallest absolute Gasteiger partial charge is 0.252 e. The Morgan fingerprint density at radius 2 is 2.00 bits per heavy atom. The van der Waals surface area contributed by atoms with Gasteiger partial charge in [-0.3, -0.25) is 9.59 Å². The summed E-state index contributed by atoms with van der Waals surface area (Å²) in [7, 11) is 0. The Kier molecular flexibility index (Phi) is 4.96. The fourth-order valence-electron chi connectivity index (χ4n) is 2.58. The quantitative estimate of drug-likeness (QED) is 0.921. The number of morpholine rings is 1. The van der Waals surface area contributed by atoms with Gasteiger partial charge in [0.1, 0.15) is 6.10 Å². The van der Waals surface area contributed by atoms with Crippen molar-refractivity contribution < 1.29 is 14.3 Å². The van der Waals surface area contributed by atoms with Crippen LogP contribution in [0, 0.1) is 13.8 Å². The number of rotatable bonds is 4. The third-order valence-corrected chi connectivity index (χ3v) is 3.53. The molecule has 1 saturated heterocycles. The van der Waals surface area contributed by atoms with E-state index >= 15 is 0 Å². The van der Waals surface area contributed by atoms with Gasteiger partial charge in [0.2, 0.25) is 5.91 Å². The normalized spacial score (nSPS) is 18.7. The molecule has 0 aliphatic carbocycles. The fourth-order valence-corrected chi connectivity index (χ4v) is 2.58. The van der Waals surface area contributed by atoms with Gasteiger partial charge in [-0.25, -0.2) is 0 Å². The Balaban J connectivity index is 1.96. The van der Waals surface area contributed by atoms with Crippen molar-refractivity contribution in [2.45, 2.75) is 33.3 Å². The summed E-state index contributed by atoms with van der Waals surface area (Å²) >= 11 is 0. The number of aryl methyl sites for hydroxylation is 2. The Bertz CT molecular complexity index is 522. The Hall–Kier alpha value is -1.88. The van der Waals surface area contributed by atoms with Gasteiger partial charge in [0.15, 0.2) is 0 Å². The highest BCUT2D eigenvalue weighted by Gasteiger charge is 2.30. The molecule has 2 amide bonds. The van der Waals surface area contributed by atoms with Crippen LogP contribution in [-0.4, -0.2) is 42.5 Å². The number of anilines is 1. The first-order valence-electron chi connectivity index (χ1n) is 7.28. The second-order valence-electron chi connectivity index (χ2n) is 5.41. The summed E-state index contributed by atoms with van der Waals surface area (Å²) in [6.07, 6.45) is -0.605. The van der Waals surface area contributed by atoms with Gasteiger partial charge in [-0.1, -0.05) is 6.07 Å². The monoisotopic (exact) mass is 290 g/mol. The number of ether oxygens (including phenoxy) is 1. The molecule has 0 saturated carbocycles. The minimum atomic E-state index is -0.662. The van der Waals surface area contributed by atoms with Crippen molar-refractivity contribution >= 4 is 17.5 Å². The maximum Gasteiger partial charge on any atom is 0.252 e. The number of likely N-dealkylation sites (N-methyl/N-ethyl adjacent to an activating group) is 1. The molecule has 21 heavy (non-hydrogen) atoms. The van der Waals surface area contributed by atoms with E-state index in [4.69, 9.17) is 4.74 Å². The van der Waals surface area contributed by atoms with Crippen molar-refractivity contribution in [3.8, 4) is 0 Å². The number of amides is 2. The average Bonchev–Trinajstić information content (AvgIpc) is 2.40. The number of hydrogen-bond acceptors (Lipinski definition) is 3. The molecule has 1 aliphatic heterocycles. The second kappa shape index (κ2) is 6.72. The van der Waals surface area contributed by atoms with Crippen LogP contribution < -0.4 is 5.32 Å². The first-order valence-corrected chi connectivity index (χ1v) is 7.28. The molecule has 0 aromatic heterocycles. The van der Waals surface area contributed by atoms with Gasteiger partial charge in [0.05, 0.1) is 13.0 Å². The number of nitrogens with zero attached hydrogens (tertiary/aromatic N) is 1. The van der Waals surface area contributed by atoms with Crippen molar-refractivity contribution in [1.82, 2.24) is 4.90 Å². The number of carbonyl (C=O) groups is 2. The summed E-state index contributed by atoms with van der Waals surface area (Å²) in [4.78, 5) is 25.9. The summed E-state index contributed by atoms with van der Waals surface area (Å²) in [6.45, 7) is 7.63. The van der Waals surface area contributed by atoms with Crippen molar-refractivity contribution in [3.05, 3.63) is 29.3 Å². The van der Waals surface area contributed by atoms with E-state index in [0.717, 1.165) is 16.8 Å². The molecule has 1 aliphatic rings. The summed E-state index contributed by atoms with van der Waals surface area (Å²) in [6, 6.07) is 5.86. The topological polar surface area (TPSA) is 58.6 Å². The van der Waals surface area contributed by atoms with E-state index in [1.807, 2.05) is 39.0 Å². The SMILES string of the molecule is CCN1CCO[C@H](CC(=O)Nc2cc(C)cc(C)c2)C1=O. The van der Waals surface area contributed by atoms with Gasteiger partial charge in [-0.2, -0.15) is 0 Å². The molecular formula is C16H22N2O3. The van der Waals surface area contributed by atoms with E-state index in [9.17, 15) is 9.59 Å². The van der Waals surface area contributed by atoms with E-state index < -0.39 is 6.10 Å². The molecule has 0 radical (unpaired) electrons.